The number of aliphatic imine (C=N–C) groups is 1. The van der Waals surface area contributed by atoms with E-state index in [0.29, 0.717) is 12.5 Å². The predicted octanol–water partition coefficient (Wildman–Crippen LogP) is 2.83. The highest BCUT2D eigenvalue weighted by Crippen LogP contribution is 2.24. The monoisotopic (exact) mass is 465 g/mol. The quantitative estimate of drug-likeness (QED) is 0.351. The van der Waals surface area contributed by atoms with Gasteiger partial charge in [-0.05, 0) is 18.1 Å². The van der Waals surface area contributed by atoms with Gasteiger partial charge in [0.05, 0.1) is 18.4 Å². The van der Waals surface area contributed by atoms with Crippen molar-refractivity contribution >= 4 is 29.9 Å². The molecule has 1 aromatic heterocycles. The normalized spacial score (nSPS) is 17.2. The molecule has 0 saturated carbocycles. The fourth-order valence-corrected chi connectivity index (χ4v) is 2.63. The molecule has 1 aromatic rings. The van der Waals surface area contributed by atoms with E-state index in [1.165, 1.54) is 0 Å². The van der Waals surface area contributed by atoms with Gasteiger partial charge in [0.1, 0.15) is 5.76 Å². The van der Waals surface area contributed by atoms with Crippen LogP contribution in [-0.4, -0.2) is 51.5 Å². The first-order valence-electron chi connectivity index (χ1n) is 8.81. The molecule has 2 rings (SSSR count). The van der Waals surface area contributed by atoms with Crippen molar-refractivity contribution in [2.24, 2.45) is 10.9 Å². The number of hydrogen-bond acceptors (Lipinski definition) is 4. The second kappa shape index (κ2) is 11.7. The summed E-state index contributed by atoms with van der Waals surface area (Å²) in [7, 11) is 1.77. The molecule has 0 aliphatic carbocycles. The van der Waals surface area contributed by atoms with Crippen molar-refractivity contribution in [2.45, 2.75) is 38.7 Å². The van der Waals surface area contributed by atoms with E-state index in [1.54, 1.807) is 13.4 Å². The van der Waals surface area contributed by atoms with Crippen LogP contribution in [0.2, 0.25) is 0 Å². The van der Waals surface area contributed by atoms with Crippen molar-refractivity contribution in [1.82, 2.24) is 10.6 Å². The fourth-order valence-electron chi connectivity index (χ4n) is 2.63. The van der Waals surface area contributed by atoms with Crippen LogP contribution in [0, 0.1) is 5.92 Å². The third-order valence-electron chi connectivity index (χ3n) is 4.28. The molecule has 1 saturated heterocycles. The molecule has 0 spiro atoms. The van der Waals surface area contributed by atoms with Gasteiger partial charge in [-0.25, -0.2) is 0 Å². The van der Waals surface area contributed by atoms with Crippen LogP contribution < -0.4 is 10.6 Å². The topological polar surface area (TPSA) is 68.0 Å². The molecule has 1 aliphatic heterocycles. The highest BCUT2D eigenvalue weighted by atomic mass is 127. The van der Waals surface area contributed by atoms with E-state index in [2.05, 4.69) is 24.5 Å². The smallest absolute Gasteiger partial charge is 0.191 e. The third-order valence-corrected chi connectivity index (χ3v) is 4.28. The number of halogens is 1. The predicted molar refractivity (Wildman–Crippen MR) is 111 cm³/mol. The molecular weight excluding hydrogens is 433 g/mol. The molecule has 2 N–H and O–H groups in total. The van der Waals surface area contributed by atoms with E-state index >= 15 is 0 Å². The Morgan fingerprint density at radius 1 is 1.32 bits per heavy atom. The number of rotatable bonds is 8. The first kappa shape index (κ1) is 22.2. The second-order valence-corrected chi connectivity index (χ2v) is 6.70. The van der Waals surface area contributed by atoms with Gasteiger partial charge in [-0.3, -0.25) is 4.99 Å². The van der Waals surface area contributed by atoms with E-state index < -0.39 is 0 Å². The molecule has 0 atom stereocenters. The van der Waals surface area contributed by atoms with Crippen molar-refractivity contribution in [1.29, 1.82) is 0 Å². The molecule has 0 amide bonds. The number of hydrogen-bond donors (Lipinski definition) is 2. The Morgan fingerprint density at radius 3 is 2.68 bits per heavy atom. The zero-order valence-electron chi connectivity index (χ0n) is 15.5. The van der Waals surface area contributed by atoms with E-state index in [0.717, 1.165) is 57.3 Å². The van der Waals surface area contributed by atoms with Crippen LogP contribution in [0.15, 0.2) is 27.8 Å². The maximum absolute atomic E-state index is 5.76. The van der Waals surface area contributed by atoms with E-state index in [1.807, 2.05) is 12.1 Å². The summed E-state index contributed by atoms with van der Waals surface area (Å²) in [6.07, 6.45) is 4.31. The molecule has 25 heavy (non-hydrogen) atoms. The van der Waals surface area contributed by atoms with Crippen LogP contribution >= 0.6 is 24.0 Å². The molecule has 2 heterocycles. The summed E-state index contributed by atoms with van der Waals surface area (Å²) in [6.45, 7) is 8.15. The number of ether oxygens (including phenoxy) is 2. The van der Waals surface area contributed by atoms with Crippen molar-refractivity contribution in [3.63, 3.8) is 0 Å². The lowest BCUT2D eigenvalue weighted by Crippen LogP contribution is -2.44. The van der Waals surface area contributed by atoms with Gasteiger partial charge < -0.3 is 24.5 Å². The Balaban J connectivity index is 0.00000312. The summed E-state index contributed by atoms with van der Waals surface area (Å²) in [4.78, 5) is 4.76. The average molecular weight is 465 g/mol. The first-order valence-corrected chi connectivity index (χ1v) is 8.81. The lowest BCUT2D eigenvalue weighted by Gasteiger charge is -2.34. The van der Waals surface area contributed by atoms with Crippen LogP contribution in [0.5, 0.6) is 0 Å². The van der Waals surface area contributed by atoms with Crippen molar-refractivity contribution in [3.8, 4) is 0 Å². The number of guanidine groups is 1. The Kier molecular flexibility index (Phi) is 10.4. The third kappa shape index (κ3) is 7.96. The lowest BCUT2D eigenvalue weighted by atomic mass is 9.94. The highest BCUT2D eigenvalue weighted by molar-refractivity contribution is 14.0. The van der Waals surface area contributed by atoms with Gasteiger partial charge in [0.25, 0.3) is 0 Å². The number of methoxy groups -OCH3 is 1. The van der Waals surface area contributed by atoms with Gasteiger partial charge >= 0.3 is 0 Å². The minimum absolute atomic E-state index is 0. The minimum atomic E-state index is -0.203. The minimum Gasteiger partial charge on any atom is -0.469 e. The summed E-state index contributed by atoms with van der Waals surface area (Å²) >= 11 is 0. The van der Waals surface area contributed by atoms with Crippen LogP contribution in [0.25, 0.3) is 0 Å². The van der Waals surface area contributed by atoms with Crippen LogP contribution in [0.1, 0.15) is 32.4 Å². The summed E-state index contributed by atoms with van der Waals surface area (Å²) in [5.41, 5.74) is -0.203. The van der Waals surface area contributed by atoms with Crippen LogP contribution in [0.4, 0.5) is 0 Å². The van der Waals surface area contributed by atoms with Gasteiger partial charge in [-0.2, -0.15) is 0 Å². The Bertz CT molecular complexity index is 486. The zero-order valence-corrected chi connectivity index (χ0v) is 17.9. The molecule has 144 valence electrons. The number of nitrogens with zero attached hydrogens (tertiary/aromatic N) is 1. The maximum Gasteiger partial charge on any atom is 0.191 e. The Hall–Kier alpha value is -0.800. The molecule has 7 heteroatoms. The SMILES string of the molecule is COC1(CN=C(NCCc2ccco2)NCC(C)C)CCOCC1.I. The molecular formula is C18H32IN3O3. The van der Waals surface area contributed by atoms with Gasteiger partial charge in [0.15, 0.2) is 5.96 Å². The molecule has 0 aromatic carbocycles. The van der Waals surface area contributed by atoms with Crippen molar-refractivity contribution in [3.05, 3.63) is 24.2 Å². The summed E-state index contributed by atoms with van der Waals surface area (Å²) in [5.74, 6) is 2.36. The number of nitrogens with one attached hydrogen (secondary N) is 2. The Labute approximate surface area is 168 Å². The molecule has 0 bridgehead atoms. The summed E-state index contributed by atoms with van der Waals surface area (Å²) in [6, 6.07) is 3.90. The van der Waals surface area contributed by atoms with Crippen LogP contribution in [-0.2, 0) is 15.9 Å². The second-order valence-electron chi connectivity index (χ2n) is 6.70. The zero-order chi connectivity index (χ0) is 17.3. The van der Waals surface area contributed by atoms with Crippen molar-refractivity contribution in [2.75, 3.05) is 40.0 Å². The summed E-state index contributed by atoms with van der Waals surface area (Å²) < 4.78 is 16.6. The molecule has 1 aliphatic rings. The number of furan rings is 1. The molecule has 1 fully saturated rings. The van der Waals surface area contributed by atoms with E-state index in [9.17, 15) is 0 Å². The molecule has 0 unspecified atom stereocenters. The first-order chi connectivity index (χ1) is 11.6. The standard InChI is InChI=1S/C18H31N3O3.HI/c1-15(2)13-20-17(19-9-6-16-5-4-10-24-16)21-14-18(22-3)7-11-23-12-8-18;/h4-5,10,15H,6-9,11-14H2,1-3H3,(H2,19,20,21);1H. The van der Waals surface area contributed by atoms with Crippen LogP contribution in [0.3, 0.4) is 0 Å². The maximum atomic E-state index is 5.76. The molecule has 0 radical (unpaired) electrons. The summed E-state index contributed by atoms with van der Waals surface area (Å²) in [5, 5.41) is 6.79. The lowest BCUT2D eigenvalue weighted by molar-refractivity contribution is -0.0828. The van der Waals surface area contributed by atoms with Crippen molar-refractivity contribution < 1.29 is 13.9 Å². The average Bonchev–Trinajstić information content (AvgIpc) is 3.11. The largest absolute Gasteiger partial charge is 0.469 e. The Morgan fingerprint density at radius 2 is 2.08 bits per heavy atom. The van der Waals surface area contributed by atoms with E-state index in [-0.39, 0.29) is 29.6 Å². The molecule has 6 nitrogen and oxygen atoms in total. The van der Waals surface area contributed by atoms with E-state index in [4.69, 9.17) is 18.9 Å². The van der Waals surface area contributed by atoms with Gasteiger partial charge in [-0.1, -0.05) is 13.8 Å². The van der Waals surface area contributed by atoms with Gasteiger partial charge in [0.2, 0.25) is 0 Å². The van der Waals surface area contributed by atoms with Gasteiger partial charge in [0, 0.05) is 52.7 Å². The van der Waals surface area contributed by atoms with Gasteiger partial charge in [-0.15, -0.1) is 24.0 Å². The highest BCUT2D eigenvalue weighted by Gasteiger charge is 2.32. The fraction of sp³-hybridized carbons (Fsp3) is 0.722.